The summed E-state index contributed by atoms with van der Waals surface area (Å²) in [5, 5.41) is 14.1. The zero-order valence-corrected chi connectivity index (χ0v) is 10.8. The molecule has 0 amide bonds. The van der Waals surface area contributed by atoms with Gasteiger partial charge in [0.2, 0.25) is 10.0 Å². The number of hydrogen-bond acceptors (Lipinski definition) is 5. The van der Waals surface area contributed by atoms with Crippen LogP contribution in [0.25, 0.3) is 0 Å². The van der Waals surface area contributed by atoms with E-state index in [1.807, 2.05) is 0 Å². The summed E-state index contributed by atoms with van der Waals surface area (Å²) in [5.41, 5.74) is 0.402. The molecule has 1 fully saturated rings. The van der Waals surface area contributed by atoms with Gasteiger partial charge in [-0.25, -0.2) is 18.4 Å². The number of primary sulfonamides is 1. The number of benzene rings is 1. The molecule has 19 heavy (non-hydrogen) atoms. The van der Waals surface area contributed by atoms with Crippen LogP contribution in [0.1, 0.15) is 0 Å². The second-order valence-corrected chi connectivity index (χ2v) is 5.69. The fraction of sp³-hybridized carbons (Fsp3) is 0.364. The van der Waals surface area contributed by atoms with Crippen LogP contribution in [0.2, 0.25) is 0 Å². The Hall–Kier alpha value is -1.64. The Bertz CT molecular complexity index is 587. The SMILES string of the molecule is NS(=O)(=O)c1ccccc1N1CCOC(C(=O)O)C1. The van der Waals surface area contributed by atoms with Gasteiger partial charge in [-0.15, -0.1) is 0 Å². The smallest absolute Gasteiger partial charge is 0.334 e. The van der Waals surface area contributed by atoms with E-state index in [2.05, 4.69) is 0 Å². The predicted molar refractivity (Wildman–Crippen MR) is 67.4 cm³/mol. The summed E-state index contributed by atoms with van der Waals surface area (Å²) in [7, 11) is -3.85. The average molecular weight is 286 g/mol. The van der Waals surface area contributed by atoms with E-state index in [1.54, 1.807) is 23.1 Å². The fourth-order valence-corrected chi connectivity index (χ4v) is 2.73. The summed E-state index contributed by atoms with van der Waals surface area (Å²) < 4.78 is 28.1. The fourth-order valence-electron chi connectivity index (χ4n) is 1.98. The number of ether oxygens (including phenoxy) is 1. The van der Waals surface area contributed by atoms with Crippen molar-refractivity contribution in [3.63, 3.8) is 0 Å². The molecule has 104 valence electrons. The lowest BCUT2D eigenvalue weighted by Crippen LogP contribution is -2.46. The summed E-state index contributed by atoms with van der Waals surface area (Å²) in [5.74, 6) is -1.07. The molecule has 0 aromatic heterocycles. The highest BCUT2D eigenvalue weighted by molar-refractivity contribution is 7.89. The molecule has 1 aliphatic rings. The first-order valence-corrected chi connectivity index (χ1v) is 7.15. The molecule has 1 aromatic rings. The number of morpholine rings is 1. The molecule has 0 spiro atoms. The van der Waals surface area contributed by atoms with Gasteiger partial charge in [-0.05, 0) is 12.1 Å². The molecular weight excluding hydrogens is 272 g/mol. The van der Waals surface area contributed by atoms with E-state index in [9.17, 15) is 13.2 Å². The van der Waals surface area contributed by atoms with Crippen LogP contribution < -0.4 is 10.0 Å². The number of carboxylic acids is 1. The maximum Gasteiger partial charge on any atom is 0.334 e. The molecule has 1 aliphatic heterocycles. The van der Waals surface area contributed by atoms with Crippen molar-refractivity contribution in [2.75, 3.05) is 24.6 Å². The van der Waals surface area contributed by atoms with Crippen molar-refractivity contribution >= 4 is 21.7 Å². The minimum atomic E-state index is -3.85. The van der Waals surface area contributed by atoms with Crippen molar-refractivity contribution in [2.45, 2.75) is 11.0 Å². The van der Waals surface area contributed by atoms with Crippen molar-refractivity contribution in [2.24, 2.45) is 5.14 Å². The van der Waals surface area contributed by atoms with Gasteiger partial charge in [0.25, 0.3) is 0 Å². The molecule has 0 aliphatic carbocycles. The summed E-state index contributed by atoms with van der Waals surface area (Å²) in [6.07, 6.45) is -0.970. The van der Waals surface area contributed by atoms with Crippen LogP contribution in [0, 0.1) is 0 Å². The summed E-state index contributed by atoms with van der Waals surface area (Å²) in [4.78, 5) is 12.6. The van der Waals surface area contributed by atoms with Crippen molar-refractivity contribution in [3.05, 3.63) is 24.3 Å². The van der Waals surface area contributed by atoms with Crippen molar-refractivity contribution in [1.29, 1.82) is 0 Å². The van der Waals surface area contributed by atoms with Crippen LogP contribution in [0.4, 0.5) is 5.69 Å². The summed E-state index contributed by atoms with van der Waals surface area (Å²) in [6, 6.07) is 6.24. The Kier molecular flexibility index (Phi) is 3.74. The number of carboxylic acid groups (broad SMARTS) is 1. The minimum Gasteiger partial charge on any atom is -0.479 e. The third-order valence-corrected chi connectivity index (χ3v) is 3.81. The normalized spacial score (nSPS) is 20.3. The molecule has 7 nitrogen and oxygen atoms in total. The Balaban J connectivity index is 2.34. The lowest BCUT2D eigenvalue weighted by atomic mass is 10.2. The van der Waals surface area contributed by atoms with E-state index in [0.717, 1.165) is 0 Å². The Morgan fingerprint density at radius 2 is 2.11 bits per heavy atom. The minimum absolute atomic E-state index is 0.0129. The molecule has 2 rings (SSSR count). The van der Waals surface area contributed by atoms with Crippen LogP contribution in [0.15, 0.2) is 29.2 Å². The van der Waals surface area contributed by atoms with Gasteiger partial charge in [-0.2, -0.15) is 0 Å². The van der Waals surface area contributed by atoms with Crippen LogP contribution in [0.3, 0.4) is 0 Å². The zero-order chi connectivity index (χ0) is 14.0. The molecule has 1 unspecified atom stereocenters. The largest absolute Gasteiger partial charge is 0.479 e. The highest BCUT2D eigenvalue weighted by Gasteiger charge is 2.28. The third kappa shape index (κ3) is 3.03. The van der Waals surface area contributed by atoms with E-state index >= 15 is 0 Å². The van der Waals surface area contributed by atoms with Gasteiger partial charge in [0.15, 0.2) is 6.10 Å². The number of carbonyl (C=O) groups is 1. The number of hydrogen-bond donors (Lipinski definition) is 2. The Morgan fingerprint density at radius 1 is 1.42 bits per heavy atom. The number of nitrogens with two attached hydrogens (primary N) is 1. The highest BCUT2D eigenvalue weighted by atomic mass is 32.2. The van der Waals surface area contributed by atoms with E-state index in [0.29, 0.717) is 12.2 Å². The third-order valence-electron chi connectivity index (χ3n) is 2.85. The van der Waals surface area contributed by atoms with Crippen LogP contribution in [-0.2, 0) is 19.6 Å². The van der Waals surface area contributed by atoms with Gasteiger partial charge in [0.05, 0.1) is 18.8 Å². The lowest BCUT2D eigenvalue weighted by Gasteiger charge is -2.33. The number of rotatable bonds is 3. The second kappa shape index (κ2) is 5.16. The first-order chi connectivity index (χ1) is 8.89. The zero-order valence-electron chi connectivity index (χ0n) is 10.0. The molecular formula is C11H14N2O5S. The average Bonchev–Trinajstić information content (AvgIpc) is 2.38. The molecule has 3 N–H and O–H groups in total. The van der Waals surface area contributed by atoms with Gasteiger partial charge in [-0.1, -0.05) is 12.1 Å². The number of anilines is 1. The molecule has 1 aromatic carbocycles. The second-order valence-electron chi connectivity index (χ2n) is 4.16. The maximum atomic E-state index is 11.5. The molecule has 0 saturated carbocycles. The van der Waals surface area contributed by atoms with Crippen LogP contribution >= 0.6 is 0 Å². The Labute approximate surface area is 110 Å². The van der Waals surface area contributed by atoms with Crippen molar-refractivity contribution < 1.29 is 23.1 Å². The number of sulfonamides is 1. The Morgan fingerprint density at radius 3 is 2.74 bits per heavy atom. The quantitative estimate of drug-likeness (QED) is 0.784. The maximum absolute atomic E-state index is 11.5. The monoisotopic (exact) mass is 286 g/mol. The van der Waals surface area contributed by atoms with E-state index in [4.69, 9.17) is 15.0 Å². The first-order valence-electron chi connectivity index (χ1n) is 5.61. The number of nitrogens with zero attached hydrogens (tertiary/aromatic N) is 1. The molecule has 8 heteroatoms. The molecule has 1 atom stereocenters. The van der Waals surface area contributed by atoms with Gasteiger partial charge in [-0.3, -0.25) is 0 Å². The predicted octanol–water partition coefficient (Wildman–Crippen LogP) is -0.376. The molecule has 0 bridgehead atoms. The molecule has 0 radical (unpaired) electrons. The van der Waals surface area contributed by atoms with Gasteiger partial charge in [0, 0.05) is 6.54 Å². The molecule has 1 heterocycles. The van der Waals surface area contributed by atoms with Crippen LogP contribution in [-0.4, -0.2) is 45.3 Å². The molecule has 1 saturated heterocycles. The first kappa shape index (κ1) is 13.8. The van der Waals surface area contributed by atoms with E-state index < -0.39 is 22.1 Å². The topological polar surface area (TPSA) is 110 Å². The van der Waals surface area contributed by atoms with Crippen LogP contribution in [0.5, 0.6) is 0 Å². The summed E-state index contributed by atoms with van der Waals surface area (Å²) in [6.45, 7) is 0.716. The number of para-hydroxylation sites is 1. The summed E-state index contributed by atoms with van der Waals surface area (Å²) >= 11 is 0. The van der Waals surface area contributed by atoms with Gasteiger partial charge in [0.1, 0.15) is 4.90 Å². The standard InChI is InChI=1S/C11H14N2O5S/c12-19(16,17)10-4-2-1-3-8(10)13-5-6-18-9(7-13)11(14)15/h1-4,9H,5-7H2,(H,14,15)(H2,12,16,17). The van der Waals surface area contributed by atoms with Gasteiger partial charge < -0.3 is 14.7 Å². The lowest BCUT2D eigenvalue weighted by molar-refractivity contribution is -0.150. The van der Waals surface area contributed by atoms with E-state index in [-0.39, 0.29) is 18.0 Å². The van der Waals surface area contributed by atoms with Gasteiger partial charge >= 0.3 is 5.97 Å². The number of aliphatic carboxylic acids is 1. The van der Waals surface area contributed by atoms with Crippen molar-refractivity contribution in [1.82, 2.24) is 0 Å². The van der Waals surface area contributed by atoms with Crippen molar-refractivity contribution in [3.8, 4) is 0 Å². The van der Waals surface area contributed by atoms with E-state index in [1.165, 1.54) is 6.07 Å². The highest BCUT2D eigenvalue weighted by Crippen LogP contribution is 2.25.